The number of nitrogens with one attached hydrogen (secondary N) is 2. The Kier molecular flexibility index (Phi) is 12.3. The highest BCUT2D eigenvalue weighted by molar-refractivity contribution is 5.94. The van der Waals surface area contributed by atoms with Gasteiger partial charge >= 0.3 is 12.0 Å². The molecule has 0 aromatic carbocycles. The topological polar surface area (TPSA) is 105 Å². The molecule has 0 aliphatic rings. The predicted octanol–water partition coefficient (Wildman–Crippen LogP) is 1.66. The molecule has 0 radical (unpaired) electrons. The number of carboxylic acid groups (broad SMARTS) is 1. The van der Waals surface area contributed by atoms with Crippen molar-refractivity contribution in [3.63, 3.8) is 0 Å². The molecular weight excluding hydrogens is 276 g/mol. The number of rotatable bonds is 12. The summed E-state index contributed by atoms with van der Waals surface area (Å²) in [5.41, 5.74) is 0. The molecule has 0 saturated heterocycles. The summed E-state index contributed by atoms with van der Waals surface area (Å²) < 4.78 is 5.34. The summed E-state index contributed by atoms with van der Waals surface area (Å²) in [6, 6.07) is -0.521. The molecule has 7 heteroatoms. The number of hydrogen-bond acceptors (Lipinski definition) is 4. The van der Waals surface area contributed by atoms with Crippen LogP contribution in [0.15, 0.2) is 0 Å². The van der Waals surface area contributed by atoms with Gasteiger partial charge in [0.15, 0.2) is 0 Å². The lowest BCUT2D eigenvalue weighted by Crippen LogP contribution is -2.39. The van der Waals surface area contributed by atoms with Crippen LogP contribution in [0, 0.1) is 0 Å². The lowest BCUT2D eigenvalue weighted by Gasteiger charge is -2.07. The van der Waals surface area contributed by atoms with Gasteiger partial charge in [0, 0.05) is 32.6 Å². The molecule has 0 atom stereocenters. The van der Waals surface area contributed by atoms with E-state index in [2.05, 4.69) is 17.6 Å². The molecule has 21 heavy (non-hydrogen) atoms. The first-order valence-corrected chi connectivity index (χ1v) is 7.43. The van der Waals surface area contributed by atoms with E-state index in [1.807, 2.05) is 0 Å². The summed E-state index contributed by atoms with van der Waals surface area (Å²) in [4.78, 5) is 33.0. The summed E-state index contributed by atoms with van der Waals surface area (Å²) in [6.07, 6.45) is 3.90. The van der Waals surface area contributed by atoms with E-state index in [0.29, 0.717) is 32.4 Å². The van der Waals surface area contributed by atoms with E-state index in [9.17, 15) is 14.4 Å². The van der Waals surface area contributed by atoms with Gasteiger partial charge in [-0.15, -0.1) is 0 Å². The quantitative estimate of drug-likeness (QED) is 0.476. The summed E-state index contributed by atoms with van der Waals surface area (Å²) in [7, 11) is 0. The average molecular weight is 302 g/mol. The third-order valence-corrected chi connectivity index (χ3v) is 2.69. The lowest BCUT2D eigenvalue weighted by molar-refractivity contribution is -0.137. The van der Waals surface area contributed by atoms with Gasteiger partial charge in [0.1, 0.15) is 0 Å². The third kappa shape index (κ3) is 14.6. The first-order chi connectivity index (χ1) is 10.1. The number of carboxylic acids is 1. The Balaban J connectivity index is 3.43. The predicted molar refractivity (Wildman–Crippen MR) is 78.0 cm³/mol. The van der Waals surface area contributed by atoms with E-state index >= 15 is 0 Å². The molecule has 0 spiro atoms. The van der Waals surface area contributed by atoms with Crippen LogP contribution in [0.3, 0.4) is 0 Å². The molecule has 0 aromatic rings. The normalized spacial score (nSPS) is 10.1. The Bertz CT molecular complexity index is 320. The number of ether oxygens (including phenoxy) is 1. The number of imide groups is 1. The maximum Gasteiger partial charge on any atom is 0.321 e. The largest absolute Gasteiger partial charge is 0.481 e. The zero-order valence-electron chi connectivity index (χ0n) is 12.7. The lowest BCUT2D eigenvalue weighted by atomic mass is 10.2. The molecule has 0 bridgehead atoms. The van der Waals surface area contributed by atoms with Gasteiger partial charge in [0.25, 0.3) is 0 Å². The van der Waals surface area contributed by atoms with E-state index in [-0.39, 0.29) is 12.8 Å². The molecule has 3 N–H and O–H groups in total. The Morgan fingerprint density at radius 1 is 1.00 bits per heavy atom. The number of carbonyl (C=O) groups excluding carboxylic acids is 2. The minimum atomic E-state index is -0.880. The Morgan fingerprint density at radius 2 is 1.67 bits per heavy atom. The smallest absolute Gasteiger partial charge is 0.321 e. The van der Waals surface area contributed by atoms with Gasteiger partial charge in [-0.1, -0.05) is 13.3 Å². The van der Waals surface area contributed by atoms with Gasteiger partial charge in [-0.25, -0.2) is 4.79 Å². The first-order valence-electron chi connectivity index (χ1n) is 7.43. The molecule has 0 aliphatic carbocycles. The van der Waals surface area contributed by atoms with Gasteiger partial charge in [0.05, 0.1) is 0 Å². The van der Waals surface area contributed by atoms with Gasteiger partial charge < -0.3 is 15.2 Å². The fraction of sp³-hybridized carbons (Fsp3) is 0.786. The number of aliphatic carboxylic acids is 1. The Morgan fingerprint density at radius 3 is 2.33 bits per heavy atom. The molecule has 0 heterocycles. The zero-order valence-corrected chi connectivity index (χ0v) is 12.7. The number of hydrogen-bond donors (Lipinski definition) is 3. The van der Waals surface area contributed by atoms with Crippen molar-refractivity contribution in [3.8, 4) is 0 Å². The van der Waals surface area contributed by atoms with Crippen molar-refractivity contribution in [3.05, 3.63) is 0 Å². The number of amides is 3. The molecule has 0 fully saturated rings. The second-order valence-corrected chi connectivity index (χ2v) is 4.72. The van der Waals surface area contributed by atoms with Crippen LogP contribution >= 0.6 is 0 Å². The van der Waals surface area contributed by atoms with Crippen molar-refractivity contribution in [1.29, 1.82) is 0 Å². The minimum Gasteiger partial charge on any atom is -0.481 e. The Hall–Kier alpha value is -1.63. The first kappa shape index (κ1) is 19.4. The van der Waals surface area contributed by atoms with Crippen LogP contribution in [0.2, 0.25) is 0 Å². The van der Waals surface area contributed by atoms with Crippen molar-refractivity contribution >= 4 is 17.9 Å². The highest BCUT2D eigenvalue weighted by Gasteiger charge is 2.07. The van der Waals surface area contributed by atoms with Crippen LogP contribution in [0.5, 0.6) is 0 Å². The standard InChI is InChI=1S/C14H26N2O5/c1-2-3-10-21-11-6-9-15-14(20)16-12(17)7-4-5-8-13(18)19/h2-11H2,1H3,(H,18,19)(H2,15,16,17,20). The molecule has 0 saturated carbocycles. The number of urea groups is 1. The second kappa shape index (κ2) is 13.4. The fourth-order valence-electron chi connectivity index (χ4n) is 1.52. The minimum absolute atomic E-state index is 0.0392. The van der Waals surface area contributed by atoms with Gasteiger partial charge in [-0.3, -0.25) is 14.9 Å². The van der Waals surface area contributed by atoms with E-state index in [1.165, 1.54) is 0 Å². The molecule has 0 rings (SSSR count). The summed E-state index contributed by atoms with van der Waals surface area (Å²) in [5, 5.41) is 13.2. The Labute approximate surface area is 125 Å². The maximum atomic E-state index is 11.4. The molecule has 0 aliphatic heterocycles. The summed E-state index contributed by atoms with van der Waals surface area (Å²) in [5.74, 6) is -1.27. The summed E-state index contributed by atoms with van der Waals surface area (Å²) >= 11 is 0. The highest BCUT2D eigenvalue weighted by atomic mass is 16.5. The van der Waals surface area contributed by atoms with E-state index in [1.54, 1.807) is 0 Å². The van der Waals surface area contributed by atoms with Crippen molar-refractivity contribution < 1.29 is 24.2 Å². The van der Waals surface area contributed by atoms with Crippen LogP contribution in [-0.4, -0.2) is 42.8 Å². The van der Waals surface area contributed by atoms with Crippen molar-refractivity contribution in [2.24, 2.45) is 0 Å². The van der Waals surface area contributed by atoms with E-state index in [4.69, 9.17) is 9.84 Å². The zero-order chi connectivity index (χ0) is 15.9. The molecule has 3 amide bonds. The fourth-order valence-corrected chi connectivity index (χ4v) is 1.52. The molecule has 0 aromatic heterocycles. The molecular formula is C14H26N2O5. The monoisotopic (exact) mass is 302 g/mol. The van der Waals surface area contributed by atoms with Crippen molar-refractivity contribution in [2.45, 2.75) is 51.9 Å². The van der Waals surface area contributed by atoms with Crippen LogP contribution < -0.4 is 10.6 Å². The maximum absolute atomic E-state index is 11.4. The van der Waals surface area contributed by atoms with Gasteiger partial charge in [-0.05, 0) is 25.7 Å². The second-order valence-electron chi connectivity index (χ2n) is 4.72. The molecule has 122 valence electrons. The third-order valence-electron chi connectivity index (χ3n) is 2.69. The van der Waals surface area contributed by atoms with E-state index < -0.39 is 17.9 Å². The van der Waals surface area contributed by atoms with Gasteiger partial charge in [0.2, 0.25) is 5.91 Å². The van der Waals surface area contributed by atoms with Crippen molar-refractivity contribution in [2.75, 3.05) is 19.8 Å². The van der Waals surface area contributed by atoms with Gasteiger partial charge in [-0.2, -0.15) is 0 Å². The van der Waals surface area contributed by atoms with Crippen LogP contribution in [0.25, 0.3) is 0 Å². The van der Waals surface area contributed by atoms with Crippen LogP contribution in [0.1, 0.15) is 51.9 Å². The van der Waals surface area contributed by atoms with Crippen molar-refractivity contribution in [1.82, 2.24) is 10.6 Å². The van der Waals surface area contributed by atoms with Crippen LogP contribution in [0.4, 0.5) is 4.79 Å². The highest BCUT2D eigenvalue weighted by Crippen LogP contribution is 1.99. The number of carbonyl (C=O) groups is 3. The summed E-state index contributed by atoms with van der Waals surface area (Å²) in [6.45, 7) is 3.86. The molecule has 0 unspecified atom stereocenters. The number of unbranched alkanes of at least 4 members (excludes halogenated alkanes) is 2. The van der Waals surface area contributed by atoms with E-state index in [0.717, 1.165) is 19.4 Å². The molecule has 7 nitrogen and oxygen atoms in total. The van der Waals surface area contributed by atoms with Crippen LogP contribution in [-0.2, 0) is 14.3 Å². The average Bonchev–Trinajstić information content (AvgIpc) is 2.42. The SMILES string of the molecule is CCCCOCCCNC(=O)NC(=O)CCCCC(=O)O.